The standard InChI is InChI=1S/C42H34N4S/c1-23-19-25(3)35-29(21-23)27-13-15-33(31-11-7-9-17-43-31)45-39(27)41-37(35)38-36-26(4)20-24(2)22-30(36)28-14-16-34(32-12-8-10-18-44-32)46-40(28)42(38)47(41,5)6/h7-22H,1-6H3. The average molecular weight is 627 g/mol. The molecule has 0 unspecified atom stereocenters. The van der Waals surface area contributed by atoms with Crippen LogP contribution in [-0.4, -0.2) is 32.4 Å². The Bertz CT molecular complexity index is 2440. The van der Waals surface area contributed by atoms with E-state index >= 15 is 0 Å². The third kappa shape index (κ3) is 3.96. The van der Waals surface area contributed by atoms with Gasteiger partial charge in [-0.25, -0.2) is 9.97 Å². The summed E-state index contributed by atoms with van der Waals surface area (Å²) in [5.41, 5.74) is 13.5. The first-order valence-electron chi connectivity index (χ1n) is 16.0. The molecule has 4 aromatic heterocycles. The van der Waals surface area contributed by atoms with Crippen LogP contribution >= 0.6 is 10.0 Å². The third-order valence-electron chi connectivity index (χ3n) is 9.84. The van der Waals surface area contributed by atoms with Gasteiger partial charge in [0.05, 0.1) is 33.8 Å². The topological polar surface area (TPSA) is 51.6 Å². The molecule has 0 atom stereocenters. The fraction of sp³-hybridized carbons (Fsp3) is 0.143. The van der Waals surface area contributed by atoms with Gasteiger partial charge in [0.2, 0.25) is 0 Å². The molecule has 47 heavy (non-hydrogen) atoms. The van der Waals surface area contributed by atoms with Gasteiger partial charge in [0.25, 0.3) is 0 Å². The summed E-state index contributed by atoms with van der Waals surface area (Å²) >= 11 is 0. The molecule has 0 aliphatic carbocycles. The first-order valence-corrected chi connectivity index (χ1v) is 18.5. The van der Waals surface area contributed by atoms with E-state index in [9.17, 15) is 0 Å². The van der Waals surface area contributed by atoms with Gasteiger partial charge in [-0.05, 0) is 121 Å². The van der Waals surface area contributed by atoms with Crippen LogP contribution in [0.4, 0.5) is 0 Å². The van der Waals surface area contributed by atoms with E-state index in [1.807, 2.05) is 48.8 Å². The van der Waals surface area contributed by atoms with Crippen molar-refractivity contribution in [3.63, 3.8) is 0 Å². The predicted octanol–water partition coefficient (Wildman–Crippen LogP) is 10.9. The largest absolute Gasteiger partial charge is 0.255 e. The Hall–Kier alpha value is -5.13. The molecule has 0 bridgehead atoms. The second kappa shape index (κ2) is 9.93. The zero-order chi connectivity index (χ0) is 32.2. The fourth-order valence-corrected chi connectivity index (χ4v) is 11.0. The van der Waals surface area contributed by atoms with Crippen molar-refractivity contribution in [2.75, 3.05) is 12.5 Å². The van der Waals surface area contributed by atoms with Crippen molar-refractivity contribution in [2.24, 2.45) is 0 Å². The predicted molar refractivity (Wildman–Crippen MR) is 199 cm³/mol. The van der Waals surface area contributed by atoms with E-state index in [4.69, 9.17) is 9.97 Å². The van der Waals surface area contributed by atoms with Crippen molar-refractivity contribution >= 4 is 53.4 Å². The monoisotopic (exact) mass is 626 g/mol. The number of fused-ring (bicyclic) bond motifs is 13. The number of benzene rings is 4. The van der Waals surface area contributed by atoms with E-state index < -0.39 is 10.0 Å². The van der Waals surface area contributed by atoms with Crippen LogP contribution in [-0.2, 0) is 0 Å². The summed E-state index contributed by atoms with van der Waals surface area (Å²) in [6.07, 6.45) is 8.59. The minimum atomic E-state index is -1.62. The van der Waals surface area contributed by atoms with Crippen molar-refractivity contribution < 1.29 is 0 Å². The van der Waals surface area contributed by atoms with E-state index in [1.54, 1.807) is 0 Å². The lowest BCUT2D eigenvalue weighted by Gasteiger charge is -2.30. The van der Waals surface area contributed by atoms with Crippen LogP contribution in [0.15, 0.2) is 107 Å². The Kier molecular flexibility index (Phi) is 5.94. The van der Waals surface area contributed by atoms with Crippen LogP contribution in [0.2, 0.25) is 0 Å². The lowest BCUT2D eigenvalue weighted by Crippen LogP contribution is -2.00. The van der Waals surface area contributed by atoms with E-state index in [1.165, 1.54) is 75.5 Å². The highest BCUT2D eigenvalue weighted by Crippen LogP contribution is 2.73. The lowest BCUT2D eigenvalue weighted by atomic mass is 9.86. The third-order valence-corrected chi connectivity index (χ3v) is 12.7. The van der Waals surface area contributed by atoms with Crippen LogP contribution in [0.3, 0.4) is 0 Å². The number of nitrogens with zero attached hydrogens (tertiary/aromatic N) is 4. The van der Waals surface area contributed by atoms with Crippen LogP contribution < -0.4 is 0 Å². The molecule has 5 heteroatoms. The maximum atomic E-state index is 5.49. The molecule has 0 saturated carbocycles. The molecule has 9 rings (SSSR count). The second-order valence-corrected chi connectivity index (χ2v) is 16.8. The maximum absolute atomic E-state index is 5.49. The van der Waals surface area contributed by atoms with Gasteiger partial charge in [0.15, 0.2) is 0 Å². The van der Waals surface area contributed by atoms with Crippen molar-refractivity contribution in [3.05, 3.63) is 120 Å². The van der Waals surface area contributed by atoms with Gasteiger partial charge in [-0.1, -0.05) is 47.5 Å². The van der Waals surface area contributed by atoms with E-state index in [-0.39, 0.29) is 0 Å². The van der Waals surface area contributed by atoms with Gasteiger partial charge in [0, 0.05) is 44.1 Å². The van der Waals surface area contributed by atoms with Crippen molar-refractivity contribution in [1.82, 2.24) is 19.9 Å². The molecule has 228 valence electrons. The quantitative estimate of drug-likeness (QED) is 0.179. The Labute approximate surface area is 275 Å². The van der Waals surface area contributed by atoms with Crippen LogP contribution in [0.25, 0.3) is 77.3 Å². The SMILES string of the molecule is Cc1cc(C)c2c3c(c4nc(-c5ccccn5)ccc4c2c1)S(C)(C)c1c-3c2c(C)cc(C)cc2c2ccc(-c3ccccn3)nc12. The van der Waals surface area contributed by atoms with Gasteiger partial charge in [-0.15, -0.1) is 0 Å². The summed E-state index contributed by atoms with van der Waals surface area (Å²) in [6, 6.07) is 30.3. The number of aryl methyl sites for hydroxylation is 4. The normalized spacial score (nSPS) is 14.2. The molecular weight excluding hydrogens is 593 g/mol. The Morgan fingerprint density at radius 2 is 0.915 bits per heavy atom. The number of hydrogen-bond donors (Lipinski definition) is 0. The van der Waals surface area contributed by atoms with Crippen LogP contribution in [0.1, 0.15) is 22.3 Å². The van der Waals surface area contributed by atoms with E-state index in [0.29, 0.717) is 0 Å². The molecule has 0 saturated heterocycles. The molecular formula is C42H34N4S. The fourth-order valence-electron chi connectivity index (χ4n) is 8.07. The highest BCUT2D eigenvalue weighted by molar-refractivity contribution is 8.33. The number of aromatic nitrogens is 4. The second-order valence-electron chi connectivity index (χ2n) is 13.4. The molecule has 0 N–H and O–H groups in total. The van der Waals surface area contributed by atoms with Crippen LogP contribution in [0.5, 0.6) is 0 Å². The summed E-state index contributed by atoms with van der Waals surface area (Å²) in [4.78, 5) is 23.1. The zero-order valence-corrected chi connectivity index (χ0v) is 28.3. The molecule has 0 amide bonds. The molecule has 4 aromatic carbocycles. The van der Waals surface area contributed by atoms with Crippen molar-refractivity contribution in [1.29, 1.82) is 0 Å². The molecule has 8 aromatic rings. The smallest absolute Gasteiger partial charge is 0.0894 e. The molecule has 5 heterocycles. The molecule has 4 nitrogen and oxygen atoms in total. The maximum Gasteiger partial charge on any atom is 0.0894 e. The summed E-state index contributed by atoms with van der Waals surface area (Å²) in [7, 11) is -1.62. The van der Waals surface area contributed by atoms with Crippen LogP contribution in [0, 0.1) is 27.7 Å². The summed E-state index contributed by atoms with van der Waals surface area (Å²) in [5, 5.41) is 7.56. The highest BCUT2D eigenvalue weighted by Gasteiger charge is 2.40. The number of pyridine rings is 4. The minimum Gasteiger partial charge on any atom is -0.255 e. The highest BCUT2D eigenvalue weighted by atomic mass is 32.3. The minimum absolute atomic E-state index is 0.885. The summed E-state index contributed by atoms with van der Waals surface area (Å²) in [6.45, 7) is 8.94. The zero-order valence-electron chi connectivity index (χ0n) is 27.4. The summed E-state index contributed by atoms with van der Waals surface area (Å²) in [5.74, 6) is 0. The van der Waals surface area contributed by atoms with Crippen molar-refractivity contribution in [2.45, 2.75) is 37.5 Å². The lowest BCUT2D eigenvalue weighted by molar-refractivity contribution is 1.26. The summed E-state index contributed by atoms with van der Waals surface area (Å²) < 4.78 is 0. The van der Waals surface area contributed by atoms with Gasteiger partial charge in [-0.3, -0.25) is 9.97 Å². The van der Waals surface area contributed by atoms with Crippen molar-refractivity contribution in [3.8, 4) is 33.9 Å². The average Bonchev–Trinajstić information content (AvgIpc) is 3.31. The number of hydrogen-bond acceptors (Lipinski definition) is 4. The van der Waals surface area contributed by atoms with Gasteiger partial charge >= 0.3 is 0 Å². The first kappa shape index (κ1) is 28.1. The molecule has 0 radical (unpaired) electrons. The van der Waals surface area contributed by atoms with Gasteiger partial charge < -0.3 is 0 Å². The molecule has 0 fully saturated rings. The Morgan fingerprint density at radius 3 is 1.32 bits per heavy atom. The molecule has 1 aliphatic heterocycles. The Balaban J connectivity index is 1.53. The molecule has 0 spiro atoms. The Morgan fingerprint density at radius 1 is 0.468 bits per heavy atom. The van der Waals surface area contributed by atoms with E-state index in [2.05, 4.69) is 98.7 Å². The van der Waals surface area contributed by atoms with Gasteiger partial charge in [-0.2, -0.15) is 10.0 Å². The molecule has 1 aliphatic rings. The first-order chi connectivity index (χ1) is 22.7. The number of rotatable bonds is 2. The van der Waals surface area contributed by atoms with E-state index in [0.717, 1.165) is 33.8 Å². The van der Waals surface area contributed by atoms with Gasteiger partial charge in [0.1, 0.15) is 0 Å².